The summed E-state index contributed by atoms with van der Waals surface area (Å²) in [6, 6.07) is 6.31. The van der Waals surface area contributed by atoms with Crippen molar-refractivity contribution in [1.29, 1.82) is 0 Å². The van der Waals surface area contributed by atoms with Crippen LogP contribution in [0.15, 0.2) is 30.6 Å². The Morgan fingerprint density at radius 3 is 2.90 bits per heavy atom. The average molecular weight is 265 g/mol. The number of nitrogens with zero attached hydrogens (tertiary/aromatic N) is 3. The van der Waals surface area contributed by atoms with Gasteiger partial charge in [0.25, 0.3) is 0 Å². The van der Waals surface area contributed by atoms with E-state index < -0.39 is 0 Å². The molecule has 0 N–H and O–H groups in total. The Morgan fingerprint density at radius 2 is 2.05 bits per heavy atom. The fourth-order valence-electron chi connectivity index (χ4n) is 2.68. The summed E-state index contributed by atoms with van der Waals surface area (Å²) >= 11 is 0. The fraction of sp³-hybridized carbons (Fsp3) is 0.294. The minimum absolute atomic E-state index is 0.965. The maximum Gasteiger partial charge on any atom is 0.113 e. The van der Waals surface area contributed by atoms with Crippen molar-refractivity contribution in [1.82, 2.24) is 14.4 Å². The van der Waals surface area contributed by atoms with E-state index in [4.69, 9.17) is 0 Å². The van der Waals surface area contributed by atoms with Gasteiger partial charge in [-0.15, -0.1) is 0 Å². The third-order valence-electron chi connectivity index (χ3n) is 3.58. The molecule has 0 aromatic carbocycles. The maximum atomic E-state index is 4.64. The molecule has 3 nitrogen and oxygen atoms in total. The number of aryl methyl sites for hydroxylation is 2. The molecule has 3 heteroatoms. The zero-order valence-corrected chi connectivity index (χ0v) is 12.2. The Bertz CT molecular complexity index is 797. The van der Waals surface area contributed by atoms with Crippen LogP contribution < -0.4 is 0 Å². The van der Waals surface area contributed by atoms with Gasteiger partial charge in [-0.2, -0.15) is 0 Å². The predicted octanol–water partition coefficient (Wildman–Crippen LogP) is 4.18. The van der Waals surface area contributed by atoms with Crippen LogP contribution in [0.2, 0.25) is 0 Å². The molecule has 3 aromatic rings. The molecule has 0 radical (unpaired) electrons. The van der Waals surface area contributed by atoms with Gasteiger partial charge in [0.05, 0.1) is 16.7 Å². The second-order valence-electron chi connectivity index (χ2n) is 4.82. The second kappa shape index (κ2) is 5.08. The van der Waals surface area contributed by atoms with Crippen molar-refractivity contribution in [2.75, 3.05) is 0 Å². The minimum Gasteiger partial charge on any atom is -0.298 e. The molecule has 1 aliphatic rings. The van der Waals surface area contributed by atoms with Gasteiger partial charge in [-0.25, -0.2) is 9.97 Å². The molecule has 4 rings (SSSR count). The third kappa shape index (κ3) is 1.90. The van der Waals surface area contributed by atoms with E-state index in [2.05, 4.69) is 32.6 Å². The maximum absolute atomic E-state index is 4.64. The number of fused-ring (bicyclic) bond motifs is 5. The van der Waals surface area contributed by atoms with E-state index in [0.29, 0.717) is 0 Å². The van der Waals surface area contributed by atoms with Crippen molar-refractivity contribution in [2.45, 2.75) is 33.6 Å². The summed E-state index contributed by atoms with van der Waals surface area (Å²) in [6.07, 6.45) is 8.56. The monoisotopic (exact) mass is 265 g/mol. The molecule has 0 amide bonds. The van der Waals surface area contributed by atoms with Gasteiger partial charge >= 0.3 is 0 Å². The van der Waals surface area contributed by atoms with E-state index in [1.807, 2.05) is 39.2 Å². The minimum atomic E-state index is 0.965. The van der Waals surface area contributed by atoms with Gasteiger partial charge in [-0.1, -0.05) is 19.9 Å². The quantitative estimate of drug-likeness (QED) is 0.610. The summed E-state index contributed by atoms with van der Waals surface area (Å²) < 4.78 is 2.15. The van der Waals surface area contributed by atoms with Gasteiger partial charge in [0.2, 0.25) is 0 Å². The molecule has 3 heterocycles. The highest BCUT2D eigenvalue weighted by atomic mass is 15.0. The zero-order chi connectivity index (χ0) is 14.1. The van der Waals surface area contributed by atoms with Gasteiger partial charge < -0.3 is 0 Å². The van der Waals surface area contributed by atoms with Crippen LogP contribution in [-0.4, -0.2) is 14.4 Å². The van der Waals surface area contributed by atoms with Crippen LogP contribution in [0.4, 0.5) is 0 Å². The van der Waals surface area contributed by atoms with Crippen LogP contribution in [0, 0.1) is 6.92 Å². The smallest absolute Gasteiger partial charge is 0.113 e. The summed E-state index contributed by atoms with van der Waals surface area (Å²) in [7, 11) is 0. The molecule has 102 valence electrons. The Kier molecular flexibility index (Phi) is 3.26. The van der Waals surface area contributed by atoms with Gasteiger partial charge in [0.1, 0.15) is 11.8 Å². The summed E-state index contributed by atoms with van der Waals surface area (Å²) in [5.41, 5.74) is 6.82. The highest BCUT2D eigenvalue weighted by Crippen LogP contribution is 2.26. The third-order valence-corrected chi connectivity index (χ3v) is 3.58. The van der Waals surface area contributed by atoms with Crippen LogP contribution in [0.3, 0.4) is 0 Å². The Labute approximate surface area is 119 Å². The number of hydrogen-bond donors (Lipinski definition) is 0. The van der Waals surface area contributed by atoms with Crippen molar-refractivity contribution < 1.29 is 0 Å². The summed E-state index contributed by atoms with van der Waals surface area (Å²) in [5, 5.41) is 0. The molecule has 3 aromatic heterocycles. The largest absolute Gasteiger partial charge is 0.298 e. The van der Waals surface area contributed by atoms with Crippen molar-refractivity contribution >= 4 is 22.6 Å². The summed E-state index contributed by atoms with van der Waals surface area (Å²) in [4.78, 5) is 9.14. The van der Waals surface area contributed by atoms with Crippen LogP contribution in [0.5, 0.6) is 0 Å². The molecule has 0 unspecified atom stereocenters. The van der Waals surface area contributed by atoms with Gasteiger partial charge in [-0.05, 0) is 49.6 Å². The topological polar surface area (TPSA) is 30.2 Å². The van der Waals surface area contributed by atoms with Crippen molar-refractivity contribution in [3.05, 3.63) is 47.6 Å². The summed E-state index contributed by atoms with van der Waals surface area (Å²) in [6.45, 7) is 6.02. The van der Waals surface area contributed by atoms with Gasteiger partial charge in [0.15, 0.2) is 0 Å². The van der Waals surface area contributed by atoms with E-state index in [0.717, 1.165) is 29.6 Å². The van der Waals surface area contributed by atoms with E-state index in [9.17, 15) is 0 Å². The number of allylic oxidation sites excluding steroid dienone is 1. The van der Waals surface area contributed by atoms with E-state index in [1.165, 1.54) is 16.8 Å². The molecule has 0 fully saturated rings. The standard InChI is InChI=1S/C15H13N3.C2H6/c1-10-6-7-12-15(17-10)14-8-11-4-2-3-5-13(11)18(14)9-16-12;1-2/h3,5-9H,2,4H2,1H3;1-2H3. The Hall–Kier alpha value is -2.16. The molecule has 0 saturated heterocycles. The van der Waals surface area contributed by atoms with E-state index in [1.54, 1.807) is 0 Å². The molecule has 0 bridgehead atoms. The lowest BCUT2D eigenvalue weighted by atomic mass is 10.0. The molecule has 0 aliphatic heterocycles. The fourth-order valence-corrected chi connectivity index (χ4v) is 2.68. The van der Waals surface area contributed by atoms with Crippen LogP contribution in [-0.2, 0) is 6.42 Å². The number of pyridine rings is 1. The molecule has 20 heavy (non-hydrogen) atoms. The highest BCUT2D eigenvalue weighted by molar-refractivity contribution is 5.91. The Morgan fingerprint density at radius 1 is 1.20 bits per heavy atom. The lowest BCUT2D eigenvalue weighted by molar-refractivity contribution is 0.967. The molecular formula is C17H19N3. The van der Waals surface area contributed by atoms with Crippen molar-refractivity contribution in [3.63, 3.8) is 0 Å². The number of hydrogen-bond acceptors (Lipinski definition) is 2. The Balaban J connectivity index is 0.000000581. The SMILES string of the molecule is CC.Cc1ccc2ncn3c4c(cc3c2n1)CCC=C4. The number of aromatic nitrogens is 3. The van der Waals surface area contributed by atoms with E-state index in [-0.39, 0.29) is 0 Å². The normalized spacial score (nSPS) is 13.2. The molecule has 1 aliphatic carbocycles. The first-order chi connectivity index (χ1) is 9.83. The van der Waals surface area contributed by atoms with Crippen LogP contribution in [0.1, 0.15) is 37.2 Å². The van der Waals surface area contributed by atoms with Crippen LogP contribution in [0.25, 0.3) is 22.6 Å². The van der Waals surface area contributed by atoms with Crippen molar-refractivity contribution in [2.24, 2.45) is 0 Å². The summed E-state index contributed by atoms with van der Waals surface area (Å²) in [5.74, 6) is 0. The van der Waals surface area contributed by atoms with Gasteiger partial charge in [-0.3, -0.25) is 4.40 Å². The molecule has 0 atom stereocenters. The van der Waals surface area contributed by atoms with Gasteiger partial charge in [0, 0.05) is 5.69 Å². The highest BCUT2D eigenvalue weighted by Gasteiger charge is 2.13. The number of rotatable bonds is 0. The molecule has 0 saturated carbocycles. The van der Waals surface area contributed by atoms with Crippen molar-refractivity contribution in [3.8, 4) is 0 Å². The lowest BCUT2D eigenvalue weighted by Gasteiger charge is -2.06. The first-order valence-corrected chi connectivity index (χ1v) is 7.26. The molecular weight excluding hydrogens is 246 g/mol. The molecule has 0 spiro atoms. The average Bonchev–Trinajstić information content (AvgIpc) is 2.88. The second-order valence-corrected chi connectivity index (χ2v) is 4.82. The zero-order valence-electron chi connectivity index (χ0n) is 12.2. The first kappa shape index (κ1) is 12.9. The predicted molar refractivity (Wildman–Crippen MR) is 83.9 cm³/mol. The lowest BCUT2D eigenvalue weighted by Crippen LogP contribution is -1.96. The van der Waals surface area contributed by atoms with E-state index >= 15 is 0 Å². The van der Waals surface area contributed by atoms with Crippen LogP contribution >= 0.6 is 0 Å². The first-order valence-electron chi connectivity index (χ1n) is 7.26.